The van der Waals surface area contributed by atoms with Gasteiger partial charge in [-0.25, -0.2) is 0 Å². The van der Waals surface area contributed by atoms with E-state index in [1.54, 1.807) is 0 Å². The van der Waals surface area contributed by atoms with E-state index in [9.17, 15) is 0 Å². The number of nitrogens with two attached hydrogens (primary N) is 2. The standard InChI is InChI=1S/C5H14N2.C4H11N/c1-7(2)5-3-4-6;1-4(2,3)5/h3-6H2,1-2H3;5H2,1-3H3. The van der Waals surface area contributed by atoms with Crippen molar-refractivity contribution in [3.05, 3.63) is 0 Å². The van der Waals surface area contributed by atoms with E-state index in [-0.39, 0.29) is 5.54 Å². The SMILES string of the molecule is CC(C)(C)N.CN(C)CCCN. The highest BCUT2D eigenvalue weighted by Crippen LogP contribution is 1.88. The molecule has 0 spiro atoms. The molecular formula is C9H25N3. The maximum absolute atomic E-state index is 5.35. The molecule has 0 rings (SSSR count). The topological polar surface area (TPSA) is 55.3 Å². The fourth-order valence-corrected chi connectivity index (χ4v) is 0.408. The van der Waals surface area contributed by atoms with Crippen molar-refractivity contribution >= 4 is 0 Å². The Kier molecular flexibility index (Phi) is 9.03. The monoisotopic (exact) mass is 175 g/mol. The molecule has 0 radical (unpaired) electrons. The first-order valence-corrected chi connectivity index (χ1v) is 4.41. The van der Waals surface area contributed by atoms with Crippen molar-refractivity contribution in [3.63, 3.8) is 0 Å². The van der Waals surface area contributed by atoms with Gasteiger partial charge < -0.3 is 16.4 Å². The highest BCUT2D eigenvalue weighted by molar-refractivity contribution is 4.60. The molecule has 0 aliphatic rings. The highest BCUT2D eigenvalue weighted by Gasteiger charge is 1.95. The Morgan fingerprint density at radius 3 is 1.58 bits per heavy atom. The summed E-state index contributed by atoms with van der Waals surface area (Å²) in [4.78, 5) is 2.13. The van der Waals surface area contributed by atoms with Crippen LogP contribution in [-0.2, 0) is 0 Å². The van der Waals surface area contributed by atoms with Gasteiger partial charge in [0.25, 0.3) is 0 Å². The Morgan fingerprint density at radius 1 is 1.17 bits per heavy atom. The second-order valence-electron chi connectivity index (χ2n) is 4.31. The first-order valence-electron chi connectivity index (χ1n) is 4.41. The molecule has 0 bridgehead atoms. The molecule has 76 valence electrons. The van der Waals surface area contributed by atoms with Gasteiger partial charge in [0.15, 0.2) is 0 Å². The zero-order chi connectivity index (χ0) is 10.2. The summed E-state index contributed by atoms with van der Waals surface area (Å²) in [7, 11) is 4.10. The Labute approximate surface area is 77.1 Å². The molecule has 0 fully saturated rings. The highest BCUT2D eigenvalue weighted by atomic mass is 15.0. The van der Waals surface area contributed by atoms with Crippen molar-refractivity contribution < 1.29 is 0 Å². The minimum Gasteiger partial charge on any atom is -0.330 e. The summed E-state index contributed by atoms with van der Waals surface area (Å²) >= 11 is 0. The maximum atomic E-state index is 5.35. The van der Waals surface area contributed by atoms with Gasteiger partial charge in [-0.2, -0.15) is 0 Å². The van der Waals surface area contributed by atoms with Crippen molar-refractivity contribution in [2.75, 3.05) is 27.2 Å². The van der Waals surface area contributed by atoms with Crippen LogP contribution in [0.3, 0.4) is 0 Å². The third-order valence-electron chi connectivity index (χ3n) is 0.809. The maximum Gasteiger partial charge on any atom is 0.00686 e. The quantitative estimate of drug-likeness (QED) is 0.662. The molecule has 3 nitrogen and oxygen atoms in total. The van der Waals surface area contributed by atoms with Crippen LogP contribution in [0.25, 0.3) is 0 Å². The zero-order valence-corrected chi connectivity index (χ0v) is 9.22. The fourth-order valence-electron chi connectivity index (χ4n) is 0.408. The number of hydrogen-bond donors (Lipinski definition) is 2. The normalized spacial score (nSPS) is 11.0. The predicted octanol–water partition coefficient (Wildman–Crippen LogP) is 0.640. The van der Waals surface area contributed by atoms with Crippen molar-refractivity contribution in [1.82, 2.24) is 4.90 Å². The third-order valence-corrected chi connectivity index (χ3v) is 0.809. The minimum absolute atomic E-state index is 0. The lowest BCUT2D eigenvalue weighted by molar-refractivity contribution is 0.403. The fraction of sp³-hybridized carbons (Fsp3) is 1.00. The molecule has 0 aromatic carbocycles. The summed E-state index contributed by atoms with van der Waals surface area (Å²) in [6.07, 6.45) is 1.10. The second kappa shape index (κ2) is 7.53. The van der Waals surface area contributed by atoms with Gasteiger partial charge >= 0.3 is 0 Å². The summed E-state index contributed by atoms with van der Waals surface area (Å²) in [5.41, 5.74) is 10.6. The Balaban J connectivity index is 0. The van der Waals surface area contributed by atoms with Crippen LogP contribution in [0.1, 0.15) is 27.2 Å². The van der Waals surface area contributed by atoms with Gasteiger partial charge in [0.05, 0.1) is 0 Å². The number of rotatable bonds is 3. The Morgan fingerprint density at radius 2 is 1.50 bits per heavy atom. The molecule has 0 saturated carbocycles. The van der Waals surface area contributed by atoms with E-state index in [1.807, 2.05) is 20.8 Å². The van der Waals surface area contributed by atoms with Crippen LogP contribution in [0, 0.1) is 0 Å². The lowest BCUT2D eigenvalue weighted by Crippen LogP contribution is -2.26. The lowest BCUT2D eigenvalue weighted by Gasteiger charge is -2.06. The van der Waals surface area contributed by atoms with Gasteiger partial charge in [-0.3, -0.25) is 0 Å². The average molecular weight is 175 g/mol. The van der Waals surface area contributed by atoms with Gasteiger partial charge in [0, 0.05) is 5.54 Å². The predicted molar refractivity (Wildman–Crippen MR) is 56.2 cm³/mol. The molecule has 4 N–H and O–H groups in total. The second-order valence-corrected chi connectivity index (χ2v) is 4.31. The van der Waals surface area contributed by atoms with Gasteiger partial charge in [-0.1, -0.05) is 0 Å². The van der Waals surface area contributed by atoms with Gasteiger partial charge in [0.1, 0.15) is 0 Å². The van der Waals surface area contributed by atoms with Crippen LogP contribution < -0.4 is 11.5 Å². The van der Waals surface area contributed by atoms with E-state index in [4.69, 9.17) is 11.5 Å². The molecule has 0 aromatic heterocycles. The largest absolute Gasteiger partial charge is 0.330 e. The van der Waals surface area contributed by atoms with E-state index < -0.39 is 0 Å². The number of hydrogen-bond acceptors (Lipinski definition) is 3. The van der Waals surface area contributed by atoms with Crippen LogP contribution in [-0.4, -0.2) is 37.6 Å². The summed E-state index contributed by atoms with van der Waals surface area (Å²) in [6.45, 7) is 7.81. The number of nitrogens with zero attached hydrogens (tertiary/aromatic N) is 1. The Hall–Kier alpha value is -0.120. The summed E-state index contributed by atoms with van der Waals surface area (Å²) in [6, 6.07) is 0. The first-order chi connectivity index (χ1) is 5.27. The van der Waals surface area contributed by atoms with Crippen LogP contribution in [0.15, 0.2) is 0 Å². The van der Waals surface area contributed by atoms with Gasteiger partial charge in [-0.05, 0) is 54.4 Å². The molecule has 12 heavy (non-hydrogen) atoms. The Bertz CT molecular complexity index is 78.3. The van der Waals surface area contributed by atoms with Gasteiger partial charge in [-0.15, -0.1) is 0 Å². The first kappa shape index (κ1) is 14.4. The van der Waals surface area contributed by atoms with E-state index >= 15 is 0 Å². The molecule has 0 aromatic rings. The lowest BCUT2D eigenvalue weighted by atomic mass is 10.1. The molecule has 0 aliphatic carbocycles. The summed E-state index contributed by atoms with van der Waals surface area (Å²) < 4.78 is 0. The van der Waals surface area contributed by atoms with E-state index in [0.29, 0.717) is 0 Å². The van der Waals surface area contributed by atoms with Crippen LogP contribution in [0.2, 0.25) is 0 Å². The van der Waals surface area contributed by atoms with Crippen molar-refractivity contribution in [1.29, 1.82) is 0 Å². The van der Waals surface area contributed by atoms with E-state index in [2.05, 4.69) is 19.0 Å². The molecule has 0 saturated heterocycles. The minimum atomic E-state index is 0. The van der Waals surface area contributed by atoms with Gasteiger partial charge in [0.2, 0.25) is 0 Å². The molecule has 3 heteroatoms. The molecular weight excluding hydrogens is 150 g/mol. The smallest absolute Gasteiger partial charge is 0.00686 e. The van der Waals surface area contributed by atoms with Crippen LogP contribution >= 0.6 is 0 Å². The third kappa shape index (κ3) is 51.8. The molecule has 0 unspecified atom stereocenters. The van der Waals surface area contributed by atoms with Crippen LogP contribution in [0.5, 0.6) is 0 Å². The summed E-state index contributed by atoms with van der Waals surface area (Å²) in [5, 5.41) is 0. The average Bonchev–Trinajstić information content (AvgIpc) is 1.79. The molecule has 0 aliphatic heterocycles. The molecule has 0 atom stereocenters. The van der Waals surface area contributed by atoms with Crippen LogP contribution in [0.4, 0.5) is 0 Å². The molecule has 0 heterocycles. The van der Waals surface area contributed by atoms with Crippen molar-refractivity contribution in [3.8, 4) is 0 Å². The zero-order valence-electron chi connectivity index (χ0n) is 9.22. The molecule has 0 amide bonds. The van der Waals surface area contributed by atoms with E-state index in [0.717, 1.165) is 19.5 Å². The summed E-state index contributed by atoms with van der Waals surface area (Å²) in [5.74, 6) is 0. The van der Waals surface area contributed by atoms with Crippen molar-refractivity contribution in [2.24, 2.45) is 11.5 Å². The van der Waals surface area contributed by atoms with Crippen molar-refractivity contribution in [2.45, 2.75) is 32.7 Å². The van der Waals surface area contributed by atoms with E-state index in [1.165, 1.54) is 0 Å².